The number of rotatable bonds is 2. The monoisotopic (exact) mass is 530 g/mol. The highest BCUT2D eigenvalue weighted by Gasteiger charge is 2.42. The van der Waals surface area contributed by atoms with Crippen LogP contribution in [-0.4, -0.2) is 0 Å². The minimum absolute atomic E-state index is 0.0828. The van der Waals surface area contributed by atoms with Gasteiger partial charge in [-0.05, 0) is 68.5 Å². The fourth-order valence-corrected chi connectivity index (χ4v) is 6.49. The van der Waals surface area contributed by atoms with Gasteiger partial charge in [0.25, 0.3) is 0 Å². The third-order valence-corrected chi connectivity index (χ3v) is 10.2. The van der Waals surface area contributed by atoms with E-state index in [1.54, 1.807) is 0 Å². The highest BCUT2D eigenvalue weighted by molar-refractivity contribution is 7.56. The van der Waals surface area contributed by atoms with Gasteiger partial charge in [-0.1, -0.05) is 119 Å². The Morgan fingerprint density at radius 2 is 1.00 bits per heavy atom. The Hall–Kier alpha value is -2.31. The molecule has 0 saturated heterocycles. The van der Waals surface area contributed by atoms with Gasteiger partial charge in [0, 0.05) is 11.1 Å². The second kappa shape index (κ2) is 9.71. The summed E-state index contributed by atoms with van der Waals surface area (Å²) in [5, 5.41) is 1.08. The second-order valence-corrected chi connectivity index (χ2v) is 15.8. The van der Waals surface area contributed by atoms with Crippen LogP contribution in [0.15, 0.2) is 60.7 Å². The van der Waals surface area contributed by atoms with Gasteiger partial charge in [-0.2, -0.15) is 0 Å². The van der Waals surface area contributed by atoms with Crippen molar-refractivity contribution < 1.29 is 9.05 Å². The van der Waals surface area contributed by atoms with Crippen LogP contribution in [0.5, 0.6) is 11.5 Å². The molecule has 0 saturated carbocycles. The van der Waals surface area contributed by atoms with Crippen LogP contribution >= 0.6 is 8.38 Å². The molecule has 0 aliphatic carbocycles. The molecule has 7 rings (SSSR count). The molecule has 0 N–H and O–H groups in total. The molecule has 4 aliphatic rings. The molecular formula is C35H47O2P. The Morgan fingerprint density at radius 3 is 1.34 bits per heavy atom. The minimum Gasteiger partial charge on any atom is -0.435 e. The van der Waals surface area contributed by atoms with Gasteiger partial charge in [-0.15, -0.1) is 0 Å². The van der Waals surface area contributed by atoms with Crippen LogP contribution in [-0.2, 0) is 21.7 Å². The number of benzene rings is 3. The molecule has 3 aromatic rings. The van der Waals surface area contributed by atoms with Crippen LogP contribution in [0.25, 0.3) is 0 Å². The average Bonchev–Trinajstić information content (AvgIpc) is 2.83. The standard InChI is InChI=1S/C35H47O2P/c1-23(2)24-13-17-27(18-14-24)38-36-30-19-15-25(21-28(30)32(3,4)5)34(9,10)35(11,12)26-16-20-31(37-38)29(22-26)33(6,7)8/h13-23H,1-12H3. The average molecular weight is 531 g/mol. The van der Waals surface area contributed by atoms with Crippen molar-refractivity contribution in [3.05, 3.63) is 88.5 Å². The zero-order valence-electron chi connectivity index (χ0n) is 25.6. The van der Waals surface area contributed by atoms with Crippen LogP contribution in [0.2, 0.25) is 0 Å². The van der Waals surface area contributed by atoms with Crippen LogP contribution in [0.3, 0.4) is 0 Å². The summed E-state index contributed by atoms with van der Waals surface area (Å²) in [6.45, 7) is 27.6. The molecular weight excluding hydrogens is 483 g/mol. The van der Waals surface area contributed by atoms with Gasteiger partial charge in [0.05, 0.1) is 5.30 Å². The Bertz CT molecular complexity index is 1220. The van der Waals surface area contributed by atoms with Crippen molar-refractivity contribution >= 4 is 13.7 Å². The lowest BCUT2D eigenvalue weighted by atomic mass is 9.60. The van der Waals surface area contributed by atoms with E-state index < -0.39 is 8.38 Å². The molecule has 38 heavy (non-hydrogen) atoms. The third kappa shape index (κ3) is 5.27. The maximum atomic E-state index is 6.91. The van der Waals surface area contributed by atoms with Gasteiger partial charge in [0.1, 0.15) is 11.5 Å². The van der Waals surface area contributed by atoms with Crippen molar-refractivity contribution in [2.24, 2.45) is 0 Å². The molecule has 4 aliphatic heterocycles. The SMILES string of the molecule is CC(C)c1ccc(P2Oc3ccc(cc3C(C)(C)C)C(C)(C)C(C)(C)c3ccc(c(C(C)(C)C)c3)O2)cc1. The summed E-state index contributed by atoms with van der Waals surface area (Å²) in [7, 11) is -1.41. The van der Waals surface area contributed by atoms with Crippen molar-refractivity contribution in [3.63, 3.8) is 0 Å². The number of hydrogen-bond donors (Lipinski definition) is 0. The largest absolute Gasteiger partial charge is 0.435 e. The quantitative estimate of drug-likeness (QED) is 0.307. The molecule has 0 atom stereocenters. The first kappa shape index (κ1) is 28.7. The summed E-state index contributed by atoms with van der Waals surface area (Å²) in [5.41, 5.74) is 6.00. The topological polar surface area (TPSA) is 18.5 Å². The van der Waals surface area contributed by atoms with E-state index in [9.17, 15) is 0 Å². The van der Waals surface area contributed by atoms with Gasteiger partial charge in [-0.25, -0.2) is 0 Å². The molecule has 0 unspecified atom stereocenters. The van der Waals surface area contributed by atoms with E-state index in [1.165, 1.54) is 27.8 Å². The summed E-state index contributed by atoms with van der Waals surface area (Å²) in [5.74, 6) is 2.29. The van der Waals surface area contributed by atoms with E-state index in [0.29, 0.717) is 5.92 Å². The molecule has 0 amide bonds. The normalized spacial score (nSPS) is 17.4. The first-order valence-electron chi connectivity index (χ1n) is 14.0. The zero-order chi connectivity index (χ0) is 28.3. The van der Waals surface area contributed by atoms with Crippen molar-refractivity contribution in [1.82, 2.24) is 0 Å². The fraction of sp³-hybridized carbons (Fsp3) is 0.486. The van der Waals surface area contributed by atoms with Gasteiger partial charge < -0.3 is 9.05 Å². The second-order valence-electron chi connectivity index (χ2n) is 14.4. The van der Waals surface area contributed by atoms with E-state index in [1.807, 2.05) is 0 Å². The fourth-order valence-electron chi connectivity index (χ4n) is 5.17. The molecule has 4 heterocycles. The predicted octanol–water partition coefficient (Wildman–Crippen LogP) is 10.1. The van der Waals surface area contributed by atoms with E-state index >= 15 is 0 Å². The lowest BCUT2D eigenvalue weighted by Gasteiger charge is -2.44. The van der Waals surface area contributed by atoms with Crippen LogP contribution in [0.1, 0.15) is 117 Å². The van der Waals surface area contributed by atoms with E-state index in [-0.39, 0.29) is 21.7 Å². The molecule has 0 fully saturated rings. The summed E-state index contributed by atoms with van der Waals surface area (Å²) >= 11 is 0. The zero-order valence-corrected chi connectivity index (χ0v) is 26.5. The van der Waals surface area contributed by atoms with Crippen molar-refractivity contribution in [2.45, 2.75) is 111 Å². The summed E-state index contributed by atoms with van der Waals surface area (Å²) in [4.78, 5) is 0. The maximum Gasteiger partial charge on any atom is 0.326 e. The molecule has 3 heteroatoms. The van der Waals surface area contributed by atoms with Gasteiger partial charge in [0.15, 0.2) is 0 Å². The van der Waals surface area contributed by atoms with Gasteiger partial charge in [0.2, 0.25) is 0 Å². The molecule has 2 nitrogen and oxygen atoms in total. The molecule has 0 radical (unpaired) electrons. The first-order valence-corrected chi connectivity index (χ1v) is 15.2. The molecule has 3 aromatic carbocycles. The smallest absolute Gasteiger partial charge is 0.326 e. The summed E-state index contributed by atoms with van der Waals surface area (Å²) in [6.07, 6.45) is 0. The minimum atomic E-state index is -1.41. The lowest BCUT2D eigenvalue weighted by molar-refractivity contribution is 0.301. The third-order valence-electron chi connectivity index (χ3n) is 8.71. The molecule has 204 valence electrons. The maximum absolute atomic E-state index is 6.91. The van der Waals surface area contributed by atoms with Crippen LogP contribution < -0.4 is 14.4 Å². The number of hydrogen-bond acceptors (Lipinski definition) is 2. The Labute approximate surface area is 233 Å². The molecule has 0 spiro atoms. The van der Waals surface area contributed by atoms with Crippen LogP contribution in [0.4, 0.5) is 0 Å². The van der Waals surface area contributed by atoms with Gasteiger partial charge in [-0.3, -0.25) is 0 Å². The molecule has 0 aromatic heterocycles. The van der Waals surface area contributed by atoms with Crippen molar-refractivity contribution in [1.29, 1.82) is 0 Å². The Kier molecular flexibility index (Phi) is 7.33. The van der Waals surface area contributed by atoms with E-state index in [2.05, 4.69) is 144 Å². The van der Waals surface area contributed by atoms with Crippen molar-refractivity contribution in [2.75, 3.05) is 0 Å². The highest BCUT2D eigenvalue weighted by Crippen LogP contribution is 2.51. The van der Waals surface area contributed by atoms with Crippen LogP contribution in [0, 0.1) is 0 Å². The first-order chi connectivity index (χ1) is 17.4. The van der Waals surface area contributed by atoms with Gasteiger partial charge >= 0.3 is 8.38 Å². The van der Waals surface area contributed by atoms with E-state index in [0.717, 1.165) is 16.8 Å². The highest BCUT2D eigenvalue weighted by atomic mass is 31.2. The molecule has 4 bridgehead atoms. The van der Waals surface area contributed by atoms with E-state index in [4.69, 9.17) is 9.05 Å². The summed E-state index contributed by atoms with van der Waals surface area (Å²) < 4.78 is 13.8. The predicted molar refractivity (Wildman–Crippen MR) is 165 cm³/mol. The summed E-state index contributed by atoms with van der Waals surface area (Å²) in [6, 6.07) is 22.4. The lowest BCUT2D eigenvalue weighted by Crippen LogP contribution is -2.40. The van der Waals surface area contributed by atoms with Crippen molar-refractivity contribution in [3.8, 4) is 11.5 Å². The Morgan fingerprint density at radius 1 is 0.605 bits per heavy atom. The Balaban J connectivity index is 2.01.